The van der Waals surface area contributed by atoms with Crippen LogP contribution in [0.2, 0.25) is 0 Å². The number of aromatic nitrogens is 1. The van der Waals surface area contributed by atoms with Crippen molar-refractivity contribution in [3.63, 3.8) is 0 Å². The van der Waals surface area contributed by atoms with Crippen LogP contribution in [-0.4, -0.2) is 35.4 Å². The Morgan fingerprint density at radius 2 is 1.93 bits per heavy atom. The van der Waals surface area contributed by atoms with E-state index >= 15 is 0 Å². The van der Waals surface area contributed by atoms with Gasteiger partial charge in [0.05, 0.1) is 11.5 Å². The number of phenols is 1. The molecular weight excluding hydrogens is 397 g/mol. The lowest BCUT2D eigenvalue weighted by Crippen LogP contribution is -2.41. The Bertz CT molecular complexity index is 852. The summed E-state index contributed by atoms with van der Waals surface area (Å²) >= 11 is 0. The average Bonchev–Trinajstić information content (AvgIpc) is 3.51. The Balaban J connectivity index is 1.92. The topological polar surface area (TPSA) is 85.4 Å². The van der Waals surface area contributed by atoms with Gasteiger partial charge in [-0.15, -0.1) is 0 Å². The van der Waals surface area contributed by atoms with E-state index in [1.165, 1.54) is 31.6 Å². The van der Waals surface area contributed by atoms with Crippen LogP contribution in [0.4, 0.5) is 13.2 Å². The second kappa shape index (κ2) is 8.63. The van der Waals surface area contributed by atoms with E-state index in [0.717, 1.165) is 5.56 Å². The zero-order valence-corrected chi connectivity index (χ0v) is 16.6. The highest BCUT2D eigenvalue weighted by molar-refractivity contribution is 5.78. The number of nitrogens with zero attached hydrogens (tertiary/aromatic N) is 1. The first-order chi connectivity index (χ1) is 14.2. The van der Waals surface area contributed by atoms with Crippen molar-refractivity contribution in [2.45, 2.75) is 43.9 Å². The number of alkyl halides is 3. The number of primary amides is 1. The lowest BCUT2D eigenvalue weighted by atomic mass is 9.71. The van der Waals surface area contributed by atoms with Crippen LogP contribution in [0.1, 0.15) is 36.3 Å². The molecule has 0 radical (unpaired) electrons. The number of benzene rings is 1. The molecule has 162 valence electrons. The molecule has 30 heavy (non-hydrogen) atoms. The lowest BCUT2D eigenvalue weighted by molar-refractivity contribution is -0.199. The zero-order chi connectivity index (χ0) is 21.9. The molecule has 0 spiro atoms. The van der Waals surface area contributed by atoms with Crippen molar-refractivity contribution in [3.8, 4) is 5.75 Å². The third-order valence-electron chi connectivity index (χ3n) is 6.01. The van der Waals surface area contributed by atoms with E-state index in [2.05, 4.69) is 4.98 Å². The quantitative estimate of drug-likeness (QED) is 0.641. The van der Waals surface area contributed by atoms with Crippen LogP contribution in [0.5, 0.6) is 5.75 Å². The first-order valence-electron chi connectivity index (χ1n) is 9.74. The summed E-state index contributed by atoms with van der Waals surface area (Å²) < 4.78 is 47.6. The van der Waals surface area contributed by atoms with Gasteiger partial charge in [-0.25, -0.2) is 0 Å². The number of halogens is 3. The van der Waals surface area contributed by atoms with Gasteiger partial charge in [0, 0.05) is 31.3 Å². The summed E-state index contributed by atoms with van der Waals surface area (Å²) in [6.45, 7) is 0. The molecule has 0 aliphatic heterocycles. The molecule has 8 heteroatoms. The fraction of sp³-hybridized carbons (Fsp3) is 0.455. The molecule has 0 saturated heterocycles. The third kappa shape index (κ3) is 4.59. The minimum absolute atomic E-state index is 0.0457. The standard InChI is InChI=1S/C22H25F3N2O3/c1-30-17(11-14-4-6-16(28)7-5-14)12-18(20(26)29)19(15-3-2-10-27-13-15)21(8-9-21)22(23,24)25/h2-7,10,13,17-19,28H,8-9,11-12H2,1H3,(H2,26,29)/t17-,18?,19?/m1/s1. The number of carbonyl (C=O) groups is 1. The summed E-state index contributed by atoms with van der Waals surface area (Å²) in [6.07, 6.45) is -1.78. The Labute approximate surface area is 173 Å². The predicted octanol–water partition coefficient (Wildman–Crippen LogP) is 3.96. The van der Waals surface area contributed by atoms with Crippen molar-refractivity contribution >= 4 is 5.91 Å². The van der Waals surface area contributed by atoms with Crippen molar-refractivity contribution in [2.24, 2.45) is 17.1 Å². The van der Waals surface area contributed by atoms with E-state index in [1.54, 1.807) is 24.3 Å². The number of nitrogens with two attached hydrogens (primary N) is 1. The van der Waals surface area contributed by atoms with E-state index < -0.39 is 35.4 Å². The van der Waals surface area contributed by atoms with Gasteiger partial charge in [-0.1, -0.05) is 18.2 Å². The molecule has 1 fully saturated rings. The highest BCUT2D eigenvalue weighted by Crippen LogP contribution is 2.67. The highest BCUT2D eigenvalue weighted by Gasteiger charge is 2.69. The summed E-state index contributed by atoms with van der Waals surface area (Å²) in [5.41, 5.74) is 4.85. The van der Waals surface area contributed by atoms with Crippen molar-refractivity contribution in [2.75, 3.05) is 7.11 Å². The molecule has 1 amide bonds. The van der Waals surface area contributed by atoms with Crippen molar-refractivity contribution in [1.29, 1.82) is 0 Å². The summed E-state index contributed by atoms with van der Waals surface area (Å²) in [7, 11) is 1.46. The lowest BCUT2D eigenvalue weighted by Gasteiger charge is -2.35. The van der Waals surface area contributed by atoms with Gasteiger partial charge in [0.15, 0.2) is 0 Å². The number of amides is 1. The van der Waals surface area contributed by atoms with E-state index in [9.17, 15) is 23.1 Å². The van der Waals surface area contributed by atoms with Gasteiger partial charge in [0.2, 0.25) is 5.91 Å². The van der Waals surface area contributed by atoms with Gasteiger partial charge in [0.25, 0.3) is 0 Å². The van der Waals surface area contributed by atoms with Crippen molar-refractivity contribution in [1.82, 2.24) is 4.98 Å². The third-order valence-corrected chi connectivity index (χ3v) is 6.01. The van der Waals surface area contributed by atoms with Crippen LogP contribution >= 0.6 is 0 Å². The van der Waals surface area contributed by atoms with E-state index in [-0.39, 0.29) is 25.0 Å². The zero-order valence-electron chi connectivity index (χ0n) is 16.6. The van der Waals surface area contributed by atoms with E-state index in [4.69, 9.17) is 10.5 Å². The maximum atomic E-state index is 14.0. The van der Waals surface area contributed by atoms with Crippen LogP contribution in [0.25, 0.3) is 0 Å². The fourth-order valence-corrected chi connectivity index (χ4v) is 4.26. The number of pyridine rings is 1. The van der Waals surface area contributed by atoms with E-state index in [0.29, 0.717) is 12.0 Å². The average molecular weight is 422 g/mol. The number of rotatable bonds is 9. The van der Waals surface area contributed by atoms with Gasteiger partial charge >= 0.3 is 6.18 Å². The normalized spacial score (nSPS) is 18.4. The van der Waals surface area contributed by atoms with Crippen LogP contribution in [0.15, 0.2) is 48.8 Å². The molecule has 1 saturated carbocycles. The van der Waals surface area contributed by atoms with Gasteiger partial charge in [-0.3, -0.25) is 9.78 Å². The van der Waals surface area contributed by atoms with Crippen LogP contribution < -0.4 is 5.73 Å². The molecule has 1 heterocycles. The fourth-order valence-electron chi connectivity index (χ4n) is 4.26. The molecule has 1 aromatic carbocycles. The molecule has 1 aromatic heterocycles. The van der Waals surface area contributed by atoms with Gasteiger partial charge < -0.3 is 15.6 Å². The van der Waals surface area contributed by atoms with Crippen LogP contribution in [0, 0.1) is 11.3 Å². The minimum Gasteiger partial charge on any atom is -0.508 e. The maximum absolute atomic E-state index is 14.0. The number of hydrogen-bond acceptors (Lipinski definition) is 4. The summed E-state index contributed by atoms with van der Waals surface area (Å²) in [6, 6.07) is 9.59. The Morgan fingerprint density at radius 1 is 1.27 bits per heavy atom. The molecule has 1 aliphatic carbocycles. The molecule has 3 rings (SSSR count). The van der Waals surface area contributed by atoms with Gasteiger partial charge in [-0.2, -0.15) is 13.2 Å². The van der Waals surface area contributed by atoms with Crippen molar-refractivity contribution < 1.29 is 27.8 Å². The Hall–Kier alpha value is -2.61. The first-order valence-corrected chi connectivity index (χ1v) is 9.74. The number of ether oxygens (including phenoxy) is 1. The SMILES string of the molecule is CO[C@H](Cc1ccc(O)cc1)CC(C(N)=O)C(c1cccnc1)C1(C(F)(F)F)CC1. The molecule has 2 unspecified atom stereocenters. The number of aromatic hydroxyl groups is 1. The predicted molar refractivity (Wildman–Crippen MR) is 105 cm³/mol. The largest absolute Gasteiger partial charge is 0.508 e. The Morgan fingerprint density at radius 3 is 2.40 bits per heavy atom. The second-order valence-corrected chi connectivity index (χ2v) is 7.89. The van der Waals surface area contributed by atoms with Crippen LogP contribution in [-0.2, 0) is 16.0 Å². The highest BCUT2D eigenvalue weighted by atomic mass is 19.4. The molecule has 3 atom stereocenters. The summed E-state index contributed by atoms with van der Waals surface area (Å²) in [5, 5.41) is 9.43. The number of methoxy groups -OCH3 is 1. The number of carbonyl (C=O) groups excluding carboxylic acids is 1. The molecule has 3 N–H and O–H groups in total. The van der Waals surface area contributed by atoms with Gasteiger partial charge in [-0.05, 0) is 55.0 Å². The second-order valence-electron chi connectivity index (χ2n) is 7.89. The first kappa shape index (κ1) is 22.1. The Kier molecular flexibility index (Phi) is 6.36. The smallest absolute Gasteiger partial charge is 0.395 e. The van der Waals surface area contributed by atoms with Crippen LogP contribution in [0.3, 0.4) is 0 Å². The summed E-state index contributed by atoms with van der Waals surface area (Å²) in [4.78, 5) is 16.4. The number of phenolic OH excluding ortho intramolecular Hbond substituents is 1. The van der Waals surface area contributed by atoms with Crippen molar-refractivity contribution in [3.05, 3.63) is 59.9 Å². The monoisotopic (exact) mass is 422 g/mol. The van der Waals surface area contributed by atoms with E-state index in [1.807, 2.05) is 0 Å². The minimum atomic E-state index is -4.46. The molecule has 1 aliphatic rings. The maximum Gasteiger partial charge on any atom is 0.395 e. The molecular formula is C22H25F3N2O3. The molecule has 2 aromatic rings. The number of hydrogen-bond donors (Lipinski definition) is 2. The molecule has 0 bridgehead atoms. The molecule has 5 nitrogen and oxygen atoms in total. The van der Waals surface area contributed by atoms with Gasteiger partial charge in [0.1, 0.15) is 5.75 Å². The summed E-state index contributed by atoms with van der Waals surface area (Å²) in [5.74, 6) is -2.87.